The first kappa shape index (κ1) is 14.2. The molecule has 0 radical (unpaired) electrons. The van der Waals surface area contributed by atoms with Crippen LogP contribution in [-0.4, -0.2) is 11.5 Å². The molecule has 0 spiro atoms. The van der Waals surface area contributed by atoms with E-state index in [-0.39, 0.29) is 0 Å². The minimum absolute atomic E-state index is 0.294. The third kappa shape index (κ3) is 4.13. The molecule has 3 N–H and O–H groups in total. The van der Waals surface area contributed by atoms with Crippen molar-refractivity contribution in [1.82, 2.24) is 10.3 Å². The Morgan fingerprint density at radius 2 is 1.95 bits per heavy atom. The van der Waals surface area contributed by atoms with E-state index >= 15 is 0 Å². The van der Waals surface area contributed by atoms with E-state index in [1.54, 1.807) is 11.3 Å². The van der Waals surface area contributed by atoms with Gasteiger partial charge in [-0.3, -0.25) is 0 Å². The average Bonchev–Trinajstić information content (AvgIpc) is 2.85. The van der Waals surface area contributed by atoms with Gasteiger partial charge in [0, 0.05) is 17.6 Å². The van der Waals surface area contributed by atoms with Gasteiger partial charge in [0.05, 0.1) is 6.04 Å². The summed E-state index contributed by atoms with van der Waals surface area (Å²) in [6.45, 7) is 5.81. The van der Waals surface area contributed by atoms with Gasteiger partial charge >= 0.3 is 0 Å². The second-order valence-corrected chi connectivity index (χ2v) is 6.03. The van der Waals surface area contributed by atoms with Crippen molar-refractivity contribution in [2.75, 3.05) is 6.54 Å². The Kier molecular flexibility index (Phi) is 5.07. The smallest absolute Gasteiger partial charge is 0.109 e. The second-order valence-electron chi connectivity index (χ2n) is 4.77. The summed E-state index contributed by atoms with van der Waals surface area (Å²) in [4.78, 5) is 5.67. The van der Waals surface area contributed by atoms with Gasteiger partial charge in [0.15, 0.2) is 0 Å². The minimum Gasteiger partial charge on any atom is -0.330 e. The van der Waals surface area contributed by atoms with Crippen molar-refractivity contribution in [3.63, 3.8) is 0 Å². The molecule has 1 aromatic carbocycles. The van der Waals surface area contributed by atoms with Crippen molar-refractivity contribution in [3.8, 4) is 0 Å². The normalized spacial score (nSPS) is 12.6. The molecule has 4 heteroatoms. The monoisotopic (exact) mass is 275 g/mol. The highest BCUT2D eigenvalue weighted by Gasteiger charge is 2.08. The molecule has 3 nitrogen and oxygen atoms in total. The minimum atomic E-state index is 0.294. The van der Waals surface area contributed by atoms with Crippen molar-refractivity contribution >= 4 is 11.3 Å². The number of aromatic nitrogens is 1. The van der Waals surface area contributed by atoms with Crippen LogP contribution in [0.3, 0.4) is 0 Å². The third-order valence-electron chi connectivity index (χ3n) is 3.08. The molecule has 0 aliphatic heterocycles. The van der Waals surface area contributed by atoms with E-state index in [1.165, 1.54) is 16.0 Å². The van der Waals surface area contributed by atoms with E-state index < -0.39 is 0 Å². The number of nitrogens with one attached hydrogen (secondary N) is 1. The Balaban J connectivity index is 1.87. The maximum absolute atomic E-state index is 5.55. The van der Waals surface area contributed by atoms with Crippen LogP contribution in [0, 0.1) is 6.92 Å². The number of rotatable bonds is 6. The first-order valence-corrected chi connectivity index (χ1v) is 7.44. The molecule has 0 bridgehead atoms. The van der Waals surface area contributed by atoms with Crippen LogP contribution in [0.25, 0.3) is 0 Å². The maximum atomic E-state index is 5.55. The zero-order chi connectivity index (χ0) is 13.7. The summed E-state index contributed by atoms with van der Waals surface area (Å²) >= 11 is 1.75. The number of thiazole rings is 1. The van der Waals surface area contributed by atoms with Gasteiger partial charge in [-0.2, -0.15) is 0 Å². The molecule has 0 amide bonds. The van der Waals surface area contributed by atoms with Gasteiger partial charge in [-0.25, -0.2) is 4.98 Å². The number of hydrogen-bond acceptors (Lipinski definition) is 4. The molecule has 0 aliphatic carbocycles. The van der Waals surface area contributed by atoms with Gasteiger partial charge < -0.3 is 11.1 Å². The maximum Gasteiger partial charge on any atom is 0.109 e. The van der Waals surface area contributed by atoms with Crippen LogP contribution in [0.15, 0.2) is 30.5 Å². The summed E-state index contributed by atoms with van der Waals surface area (Å²) in [5, 5.41) is 4.65. The van der Waals surface area contributed by atoms with E-state index in [9.17, 15) is 0 Å². The Bertz CT molecular complexity index is 504. The molecule has 2 aromatic rings. The van der Waals surface area contributed by atoms with Crippen LogP contribution < -0.4 is 11.1 Å². The summed E-state index contributed by atoms with van der Waals surface area (Å²) in [6, 6.07) is 8.93. The lowest BCUT2D eigenvalue weighted by atomic mass is 10.1. The molecule has 0 saturated heterocycles. The lowest BCUT2D eigenvalue weighted by Gasteiger charge is -2.11. The summed E-state index contributed by atoms with van der Waals surface area (Å²) in [5.74, 6) is 0. The van der Waals surface area contributed by atoms with Crippen LogP contribution >= 0.6 is 11.3 Å². The molecule has 1 unspecified atom stereocenters. The number of benzene rings is 1. The lowest BCUT2D eigenvalue weighted by molar-refractivity contribution is 0.572. The van der Waals surface area contributed by atoms with Gasteiger partial charge in [0.2, 0.25) is 0 Å². The number of aryl methyl sites for hydroxylation is 1. The first-order valence-electron chi connectivity index (χ1n) is 6.62. The van der Waals surface area contributed by atoms with Crippen molar-refractivity contribution < 1.29 is 0 Å². The number of hydrogen-bond donors (Lipinski definition) is 2. The van der Waals surface area contributed by atoms with E-state index in [0.29, 0.717) is 12.6 Å². The molecular formula is C15H21N3S. The fourth-order valence-electron chi connectivity index (χ4n) is 1.92. The Morgan fingerprint density at radius 3 is 2.53 bits per heavy atom. The summed E-state index contributed by atoms with van der Waals surface area (Å²) in [5.41, 5.74) is 8.14. The molecule has 0 aliphatic rings. The fourth-order valence-corrected chi connectivity index (χ4v) is 2.72. The fraction of sp³-hybridized carbons (Fsp3) is 0.400. The topological polar surface area (TPSA) is 50.9 Å². The number of nitrogens with zero attached hydrogens (tertiary/aromatic N) is 1. The summed E-state index contributed by atoms with van der Waals surface area (Å²) in [6.07, 6.45) is 2.88. The van der Waals surface area contributed by atoms with Gasteiger partial charge in [-0.15, -0.1) is 11.3 Å². The third-order valence-corrected chi connectivity index (χ3v) is 4.17. The standard InChI is InChI=1S/C15H21N3S/c1-11-9-18-15(19-11)12(2)17-10-14-5-3-13(4-6-14)7-8-16/h3-6,9,12,17H,7-8,10,16H2,1-2H3. The van der Waals surface area contributed by atoms with Gasteiger partial charge in [-0.05, 0) is 37.9 Å². The molecule has 1 aromatic heterocycles. The predicted molar refractivity (Wildman–Crippen MR) is 81.3 cm³/mol. The molecular weight excluding hydrogens is 254 g/mol. The van der Waals surface area contributed by atoms with Crippen LogP contribution in [0.1, 0.15) is 34.0 Å². The summed E-state index contributed by atoms with van der Waals surface area (Å²) < 4.78 is 0. The lowest BCUT2D eigenvalue weighted by Crippen LogP contribution is -2.17. The van der Waals surface area contributed by atoms with Crippen LogP contribution in [-0.2, 0) is 13.0 Å². The SMILES string of the molecule is Cc1cnc(C(C)NCc2ccc(CCN)cc2)s1. The molecule has 19 heavy (non-hydrogen) atoms. The molecule has 1 atom stereocenters. The zero-order valence-corrected chi connectivity index (χ0v) is 12.3. The van der Waals surface area contributed by atoms with Crippen molar-refractivity contribution in [2.45, 2.75) is 32.9 Å². The Morgan fingerprint density at radius 1 is 1.26 bits per heavy atom. The van der Waals surface area contributed by atoms with Crippen LogP contribution in [0.5, 0.6) is 0 Å². The highest BCUT2D eigenvalue weighted by atomic mass is 32.1. The summed E-state index contributed by atoms with van der Waals surface area (Å²) in [7, 11) is 0. The Labute approximate surface area is 118 Å². The highest BCUT2D eigenvalue weighted by Crippen LogP contribution is 2.19. The van der Waals surface area contributed by atoms with Gasteiger partial charge in [0.25, 0.3) is 0 Å². The van der Waals surface area contributed by atoms with E-state index in [0.717, 1.165) is 18.0 Å². The van der Waals surface area contributed by atoms with E-state index in [4.69, 9.17) is 5.73 Å². The largest absolute Gasteiger partial charge is 0.330 e. The zero-order valence-electron chi connectivity index (χ0n) is 11.5. The highest BCUT2D eigenvalue weighted by molar-refractivity contribution is 7.11. The van der Waals surface area contributed by atoms with Gasteiger partial charge in [0.1, 0.15) is 5.01 Å². The molecule has 102 valence electrons. The van der Waals surface area contributed by atoms with Crippen LogP contribution in [0.2, 0.25) is 0 Å². The van der Waals surface area contributed by atoms with Crippen molar-refractivity contribution in [3.05, 3.63) is 51.5 Å². The molecule has 2 rings (SSSR count). The molecule has 0 saturated carbocycles. The van der Waals surface area contributed by atoms with Crippen molar-refractivity contribution in [2.24, 2.45) is 5.73 Å². The van der Waals surface area contributed by atoms with Gasteiger partial charge in [-0.1, -0.05) is 24.3 Å². The van der Waals surface area contributed by atoms with E-state index in [2.05, 4.69) is 48.4 Å². The second kappa shape index (κ2) is 6.80. The average molecular weight is 275 g/mol. The predicted octanol–water partition coefficient (Wildman–Crippen LogP) is 2.80. The quantitative estimate of drug-likeness (QED) is 0.852. The first-order chi connectivity index (χ1) is 9.19. The Hall–Kier alpha value is -1.23. The van der Waals surface area contributed by atoms with Crippen LogP contribution in [0.4, 0.5) is 0 Å². The molecule has 0 fully saturated rings. The number of nitrogens with two attached hydrogens (primary N) is 1. The molecule has 1 heterocycles. The van der Waals surface area contributed by atoms with E-state index in [1.807, 2.05) is 6.20 Å². The van der Waals surface area contributed by atoms with Crippen molar-refractivity contribution in [1.29, 1.82) is 0 Å².